The fraction of sp³-hybridized carbons (Fsp3) is 0.579. The van der Waals surface area contributed by atoms with E-state index in [2.05, 4.69) is 0 Å². The predicted octanol–water partition coefficient (Wildman–Crippen LogP) is 2.77. The van der Waals surface area contributed by atoms with Gasteiger partial charge in [-0.2, -0.15) is 0 Å². The van der Waals surface area contributed by atoms with Crippen molar-refractivity contribution >= 4 is 11.8 Å². The van der Waals surface area contributed by atoms with Gasteiger partial charge in [0.2, 0.25) is 0 Å². The highest BCUT2D eigenvalue weighted by atomic mass is 16.5. The van der Waals surface area contributed by atoms with Gasteiger partial charge in [0.1, 0.15) is 22.8 Å². The van der Waals surface area contributed by atoms with Crippen LogP contribution >= 0.6 is 0 Å². The molecule has 0 saturated heterocycles. The normalized spacial score (nSPS) is 23.3. The summed E-state index contributed by atoms with van der Waals surface area (Å²) in [7, 11) is 1.49. The van der Waals surface area contributed by atoms with Gasteiger partial charge in [0.15, 0.2) is 0 Å². The Bertz CT molecular complexity index is 625. The second-order valence-corrected chi connectivity index (χ2v) is 6.58. The van der Waals surface area contributed by atoms with Gasteiger partial charge >= 0.3 is 5.97 Å². The van der Waals surface area contributed by atoms with Crippen LogP contribution in [0.15, 0.2) is 12.1 Å². The molecule has 0 bridgehead atoms. The van der Waals surface area contributed by atoms with Crippen molar-refractivity contribution in [3.63, 3.8) is 0 Å². The Labute approximate surface area is 147 Å². The van der Waals surface area contributed by atoms with Gasteiger partial charge in [0.25, 0.3) is 0 Å². The fourth-order valence-corrected chi connectivity index (χ4v) is 3.09. The smallest absolute Gasteiger partial charge is 0.342 e. The third kappa shape index (κ3) is 5.46. The van der Waals surface area contributed by atoms with E-state index in [9.17, 15) is 19.8 Å². The Balaban J connectivity index is 2.29. The number of aliphatic hydroxyl groups excluding tert-OH is 1. The molecule has 1 aromatic rings. The lowest BCUT2D eigenvalue weighted by atomic mass is 9.97. The number of methoxy groups -OCH3 is 1. The van der Waals surface area contributed by atoms with Gasteiger partial charge in [-0.1, -0.05) is 0 Å². The quantitative estimate of drug-likeness (QED) is 0.757. The first-order valence-electron chi connectivity index (χ1n) is 8.71. The minimum Gasteiger partial charge on any atom is -0.507 e. The van der Waals surface area contributed by atoms with E-state index >= 15 is 0 Å². The maximum atomic E-state index is 12.5. The maximum Gasteiger partial charge on any atom is 0.342 e. The number of cyclic esters (lactones) is 1. The highest BCUT2D eigenvalue weighted by molar-refractivity contribution is 5.94. The number of carbonyl (C=O) groups excluding carboxylic acids is 2. The number of hydrogen-bond donors (Lipinski definition) is 2. The van der Waals surface area contributed by atoms with Crippen LogP contribution in [-0.2, 0) is 16.0 Å². The summed E-state index contributed by atoms with van der Waals surface area (Å²) in [6, 6.07) is 3.09. The van der Waals surface area contributed by atoms with E-state index in [4.69, 9.17) is 9.47 Å². The Kier molecular flexibility index (Phi) is 6.82. The summed E-state index contributed by atoms with van der Waals surface area (Å²) in [5, 5.41) is 20.3. The number of ketones is 1. The number of aliphatic hydroxyl groups is 1. The van der Waals surface area contributed by atoms with Gasteiger partial charge in [-0.25, -0.2) is 4.79 Å². The van der Waals surface area contributed by atoms with E-state index in [1.807, 2.05) is 0 Å². The second-order valence-electron chi connectivity index (χ2n) is 6.58. The van der Waals surface area contributed by atoms with Crippen molar-refractivity contribution in [1.29, 1.82) is 0 Å². The molecule has 2 unspecified atom stereocenters. The molecular weight excluding hydrogens is 324 g/mol. The van der Waals surface area contributed by atoms with E-state index in [0.717, 1.165) is 0 Å². The van der Waals surface area contributed by atoms with Crippen LogP contribution in [0.3, 0.4) is 0 Å². The number of esters is 1. The highest BCUT2D eigenvalue weighted by Gasteiger charge is 2.22. The topological polar surface area (TPSA) is 93.1 Å². The zero-order valence-corrected chi connectivity index (χ0v) is 14.8. The zero-order valence-electron chi connectivity index (χ0n) is 14.8. The van der Waals surface area contributed by atoms with E-state index < -0.39 is 12.1 Å². The molecule has 0 amide bonds. The molecule has 0 spiro atoms. The lowest BCUT2D eigenvalue weighted by molar-refractivity contribution is -0.121. The molecule has 0 saturated carbocycles. The predicted molar refractivity (Wildman–Crippen MR) is 92.0 cm³/mol. The van der Waals surface area contributed by atoms with E-state index in [1.165, 1.54) is 13.2 Å². The first kappa shape index (κ1) is 19.2. The average molecular weight is 350 g/mol. The molecule has 0 fully saturated rings. The second kappa shape index (κ2) is 8.85. The summed E-state index contributed by atoms with van der Waals surface area (Å²) < 4.78 is 10.6. The monoisotopic (exact) mass is 350 g/mol. The summed E-state index contributed by atoms with van der Waals surface area (Å²) in [5.74, 6) is -0.266. The number of aryl methyl sites for hydroxylation is 1. The molecule has 2 rings (SSSR count). The summed E-state index contributed by atoms with van der Waals surface area (Å²) >= 11 is 0. The third-order valence-electron chi connectivity index (χ3n) is 4.43. The molecular formula is C19H26O6. The molecule has 0 radical (unpaired) electrons. The summed E-state index contributed by atoms with van der Waals surface area (Å²) in [6.07, 6.45) is 2.15. The largest absolute Gasteiger partial charge is 0.507 e. The summed E-state index contributed by atoms with van der Waals surface area (Å²) in [6.45, 7) is 1.77. The first-order valence-corrected chi connectivity index (χ1v) is 8.71. The minimum absolute atomic E-state index is 0.0304. The number of benzene rings is 1. The van der Waals surface area contributed by atoms with Crippen LogP contribution < -0.4 is 4.74 Å². The van der Waals surface area contributed by atoms with Gasteiger partial charge in [-0.3, -0.25) is 4.79 Å². The van der Waals surface area contributed by atoms with Crippen LogP contribution in [0.25, 0.3) is 0 Å². The Hall–Kier alpha value is -2.08. The number of ether oxygens (including phenoxy) is 2. The van der Waals surface area contributed by atoms with Gasteiger partial charge < -0.3 is 19.7 Å². The van der Waals surface area contributed by atoms with Crippen LogP contribution in [0, 0.1) is 0 Å². The molecule has 6 nitrogen and oxygen atoms in total. The molecule has 1 heterocycles. The molecule has 0 aliphatic carbocycles. The van der Waals surface area contributed by atoms with Crippen molar-refractivity contribution in [2.45, 2.75) is 64.1 Å². The molecule has 2 N–H and O–H groups in total. The molecule has 6 heteroatoms. The molecule has 1 aliphatic heterocycles. The van der Waals surface area contributed by atoms with Gasteiger partial charge in [-0.15, -0.1) is 0 Å². The number of carbonyl (C=O) groups is 2. The lowest BCUT2D eigenvalue weighted by Gasteiger charge is -2.18. The van der Waals surface area contributed by atoms with Crippen LogP contribution in [-0.4, -0.2) is 41.3 Å². The van der Waals surface area contributed by atoms with Crippen molar-refractivity contribution in [3.05, 3.63) is 23.3 Å². The summed E-state index contributed by atoms with van der Waals surface area (Å²) in [4.78, 5) is 24.3. The molecule has 25 heavy (non-hydrogen) atoms. The SMILES string of the molecule is COc1cc(O)c2c(c1)CCCC(O)CC(=O)CCCC(C)OC2=O. The van der Waals surface area contributed by atoms with Crippen LogP contribution in [0.1, 0.15) is 61.4 Å². The molecule has 2 atom stereocenters. The average Bonchev–Trinajstić information content (AvgIpc) is 2.53. The van der Waals surface area contributed by atoms with Gasteiger partial charge in [-0.05, 0) is 50.7 Å². The fourth-order valence-electron chi connectivity index (χ4n) is 3.09. The van der Waals surface area contributed by atoms with Crippen molar-refractivity contribution in [2.75, 3.05) is 7.11 Å². The first-order chi connectivity index (χ1) is 11.9. The van der Waals surface area contributed by atoms with Crippen molar-refractivity contribution in [3.8, 4) is 11.5 Å². The van der Waals surface area contributed by atoms with Gasteiger partial charge in [0.05, 0.1) is 19.3 Å². The number of hydrogen-bond acceptors (Lipinski definition) is 6. The van der Waals surface area contributed by atoms with Crippen molar-refractivity contribution in [2.24, 2.45) is 0 Å². The van der Waals surface area contributed by atoms with Crippen molar-refractivity contribution < 1.29 is 29.3 Å². The standard InChI is InChI=1S/C19H26O6/c1-12-5-3-7-14(20)10-15(21)8-4-6-13-9-16(24-2)11-17(22)18(13)19(23)25-12/h9,11-12,15,21-22H,3-8,10H2,1-2H3. The lowest BCUT2D eigenvalue weighted by Crippen LogP contribution is -2.19. The Morgan fingerprint density at radius 1 is 1.16 bits per heavy atom. The molecule has 0 aromatic heterocycles. The molecule has 1 aliphatic rings. The highest BCUT2D eigenvalue weighted by Crippen LogP contribution is 2.30. The van der Waals surface area contributed by atoms with E-state index in [0.29, 0.717) is 49.8 Å². The molecule has 138 valence electrons. The zero-order chi connectivity index (χ0) is 18.4. The number of phenols is 1. The number of aromatic hydroxyl groups is 1. The van der Waals surface area contributed by atoms with E-state index in [1.54, 1.807) is 13.0 Å². The maximum absolute atomic E-state index is 12.5. The number of phenolic OH excluding ortho intramolecular Hbond substituents is 1. The van der Waals surface area contributed by atoms with Crippen LogP contribution in [0.5, 0.6) is 11.5 Å². The van der Waals surface area contributed by atoms with E-state index in [-0.39, 0.29) is 29.6 Å². The Morgan fingerprint density at radius 2 is 1.88 bits per heavy atom. The Morgan fingerprint density at radius 3 is 2.60 bits per heavy atom. The van der Waals surface area contributed by atoms with Crippen LogP contribution in [0.4, 0.5) is 0 Å². The van der Waals surface area contributed by atoms with Crippen molar-refractivity contribution in [1.82, 2.24) is 0 Å². The third-order valence-corrected chi connectivity index (χ3v) is 4.43. The number of Topliss-reactive ketones (excluding diaryl/α,β-unsaturated/α-hetero) is 1. The van der Waals surface area contributed by atoms with Crippen LogP contribution in [0.2, 0.25) is 0 Å². The van der Waals surface area contributed by atoms with Gasteiger partial charge in [0, 0.05) is 18.9 Å². The number of rotatable bonds is 1. The summed E-state index contributed by atoms with van der Waals surface area (Å²) in [5.41, 5.74) is 0.764. The number of fused-ring (bicyclic) bond motifs is 1. The molecule has 1 aromatic carbocycles. The minimum atomic E-state index is -0.678.